The van der Waals surface area contributed by atoms with Crippen LogP contribution in [-0.4, -0.2) is 97.6 Å². The third-order valence-electron chi connectivity index (χ3n) is 11.7. The summed E-state index contributed by atoms with van der Waals surface area (Å²) in [4.78, 5) is 67.6. The smallest absolute Gasteiger partial charge is 0.362 e. The van der Waals surface area contributed by atoms with Crippen LogP contribution in [-0.2, 0) is 38.4 Å². The van der Waals surface area contributed by atoms with E-state index in [9.17, 15) is 32.0 Å². The van der Waals surface area contributed by atoms with Gasteiger partial charge in [-0.3, -0.25) is 23.4 Å². The number of methoxy groups -OCH3 is 1. The van der Waals surface area contributed by atoms with Crippen molar-refractivity contribution < 1.29 is 50.4 Å². The highest BCUT2D eigenvalue weighted by atomic mass is 32.2. The Kier molecular flexibility index (Phi) is 14.3. The van der Waals surface area contributed by atoms with E-state index in [1.165, 1.54) is 22.3 Å². The molecule has 3 heterocycles. The number of ketones is 1. The van der Waals surface area contributed by atoms with E-state index < -0.39 is 87.9 Å². The molecule has 18 heteroatoms. The fourth-order valence-corrected chi connectivity index (χ4v) is 9.97. The molecule has 1 unspecified atom stereocenters. The lowest BCUT2D eigenvalue weighted by atomic mass is 9.77. The first kappa shape index (κ1) is 46.8. The molecular formula is C44H58FN5O10S2. The summed E-state index contributed by atoms with van der Waals surface area (Å²) in [5.74, 6) is -2.89. The van der Waals surface area contributed by atoms with E-state index in [0.717, 1.165) is 37.7 Å². The summed E-state index contributed by atoms with van der Waals surface area (Å²) in [6.45, 7) is 13.6. The number of ether oxygens (including phenoxy) is 3. The number of likely N-dealkylation sites (tertiary alicyclic amines) is 1. The zero-order chi connectivity index (χ0) is 45.1. The number of Topliss-reactive ketones (excluding diaryl/α,β-unsaturated/α-hetero) is 1. The largest absolute Gasteiger partial charge is 0.497 e. The van der Waals surface area contributed by atoms with Crippen molar-refractivity contribution in [1.82, 2.24) is 19.6 Å². The minimum atomic E-state index is -4.71. The number of fused-ring (bicyclic) bond motifs is 1. The van der Waals surface area contributed by atoms with Crippen LogP contribution in [0.3, 0.4) is 0 Å². The summed E-state index contributed by atoms with van der Waals surface area (Å²) in [6.07, 6.45) is 1.86. The molecule has 0 bridgehead atoms. The second-order valence-electron chi connectivity index (χ2n) is 18.0. The molecule has 0 spiro atoms. The second-order valence-corrected chi connectivity index (χ2v) is 20.2. The highest BCUT2D eigenvalue weighted by Gasteiger charge is 2.61. The van der Waals surface area contributed by atoms with Crippen molar-refractivity contribution in [2.75, 3.05) is 25.6 Å². The number of pyridine rings is 1. The van der Waals surface area contributed by atoms with Gasteiger partial charge in [-0.1, -0.05) is 26.8 Å². The van der Waals surface area contributed by atoms with E-state index >= 15 is 0 Å². The van der Waals surface area contributed by atoms with Gasteiger partial charge in [0.15, 0.2) is 10.9 Å². The Bertz CT molecular complexity index is 2270. The van der Waals surface area contributed by atoms with E-state index in [4.69, 9.17) is 24.2 Å². The topological polar surface area (TPSA) is 192 Å². The quantitative estimate of drug-likeness (QED) is 0.0928. The number of thiazole rings is 1. The average molecular weight is 900 g/mol. The average Bonchev–Trinajstić information content (AvgIpc) is 3.61. The zero-order valence-electron chi connectivity index (χ0n) is 36.4. The molecule has 6 rings (SSSR count). The minimum Gasteiger partial charge on any atom is -0.497 e. The number of hydrogen-bond acceptors (Lipinski definition) is 14. The predicted molar refractivity (Wildman–Crippen MR) is 233 cm³/mol. The molecule has 2 aliphatic carbocycles. The van der Waals surface area contributed by atoms with E-state index in [2.05, 4.69) is 16.1 Å². The lowest BCUT2D eigenvalue weighted by Gasteiger charge is -2.35. The summed E-state index contributed by atoms with van der Waals surface area (Å²) in [7, 11) is -3.15. The molecule has 6 atom stereocenters. The van der Waals surface area contributed by atoms with E-state index in [0.29, 0.717) is 33.8 Å². The minimum absolute atomic E-state index is 0.0225. The number of rotatable bonds is 19. The Hall–Kier alpha value is -4.68. The molecule has 2 N–H and O–H groups in total. The third kappa shape index (κ3) is 11.1. The molecule has 3 fully saturated rings. The lowest BCUT2D eigenvalue weighted by Crippen LogP contribution is -2.48. The van der Waals surface area contributed by atoms with E-state index in [1.807, 2.05) is 50.8 Å². The van der Waals surface area contributed by atoms with Gasteiger partial charge in [0.05, 0.1) is 55.3 Å². The van der Waals surface area contributed by atoms with Gasteiger partial charge in [0.1, 0.15) is 35.6 Å². The SMILES string of the molecule is C=C[C@@H]1C[C@]1(CC(=O)[C@@H]1C[C@@H](Oc2cc(-c3csc(NC(C)C)n3)nc3cc(OC)ccc23)CN1C(=O)[C@@H](CC(=O)OC1CCCC1)C(C)(C)C)C(=O)NS(=O)(=O)OCC(C)F. The van der Waals surface area contributed by atoms with Crippen molar-refractivity contribution in [2.45, 2.75) is 123 Å². The fourth-order valence-electron chi connectivity index (χ4n) is 8.26. The number of esters is 1. The summed E-state index contributed by atoms with van der Waals surface area (Å²) < 4.78 is 63.2. The van der Waals surface area contributed by atoms with Crippen molar-refractivity contribution in [3.63, 3.8) is 0 Å². The van der Waals surface area contributed by atoms with Gasteiger partial charge in [-0.2, -0.15) is 8.42 Å². The number of nitrogens with zero attached hydrogens (tertiary/aromatic N) is 3. The van der Waals surface area contributed by atoms with Gasteiger partial charge >= 0.3 is 16.3 Å². The summed E-state index contributed by atoms with van der Waals surface area (Å²) >= 11 is 1.44. The van der Waals surface area contributed by atoms with Crippen LogP contribution in [0.1, 0.15) is 92.9 Å². The summed E-state index contributed by atoms with van der Waals surface area (Å²) in [5.41, 5.74) is -0.546. The van der Waals surface area contributed by atoms with Crippen LogP contribution in [0.25, 0.3) is 22.3 Å². The monoisotopic (exact) mass is 899 g/mol. The van der Waals surface area contributed by atoms with Crippen LogP contribution in [0.4, 0.5) is 9.52 Å². The number of carbonyl (C=O) groups is 4. The van der Waals surface area contributed by atoms with Gasteiger partial charge in [0, 0.05) is 41.8 Å². The first-order valence-electron chi connectivity index (χ1n) is 21.1. The van der Waals surface area contributed by atoms with Crippen LogP contribution in [0.5, 0.6) is 11.5 Å². The Morgan fingerprint density at radius 3 is 2.44 bits per heavy atom. The number of amides is 2. The fraction of sp³-hybridized carbons (Fsp3) is 0.591. The number of nitrogens with one attached hydrogen (secondary N) is 2. The third-order valence-corrected chi connectivity index (χ3v) is 13.4. The first-order valence-corrected chi connectivity index (χ1v) is 23.4. The molecule has 62 heavy (non-hydrogen) atoms. The Morgan fingerprint density at radius 1 is 1.08 bits per heavy atom. The number of alkyl halides is 1. The summed E-state index contributed by atoms with van der Waals surface area (Å²) in [6, 6.07) is 6.18. The number of carbonyl (C=O) groups excluding carboxylic acids is 4. The van der Waals surface area contributed by atoms with Gasteiger partial charge in [-0.05, 0) is 76.3 Å². The number of anilines is 1. The van der Waals surface area contributed by atoms with E-state index in [1.54, 1.807) is 25.3 Å². The van der Waals surface area contributed by atoms with Crippen molar-refractivity contribution in [1.29, 1.82) is 0 Å². The molecule has 15 nitrogen and oxygen atoms in total. The Balaban J connectivity index is 1.33. The normalized spacial score (nSPS) is 22.6. The molecule has 1 aromatic carbocycles. The molecule has 1 saturated heterocycles. The van der Waals surface area contributed by atoms with Crippen LogP contribution in [0, 0.1) is 22.7 Å². The van der Waals surface area contributed by atoms with Gasteiger partial charge < -0.3 is 24.4 Å². The van der Waals surface area contributed by atoms with Gasteiger partial charge in [-0.25, -0.2) is 19.1 Å². The first-order chi connectivity index (χ1) is 29.2. The van der Waals surface area contributed by atoms with Gasteiger partial charge in [-0.15, -0.1) is 17.9 Å². The highest BCUT2D eigenvalue weighted by Crippen LogP contribution is 2.57. The second kappa shape index (κ2) is 19.0. The highest BCUT2D eigenvalue weighted by molar-refractivity contribution is 7.85. The zero-order valence-corrected chi connectivity index (χ0v) is 38.0. The predicted octanol–water partition coefficient (Wildman–Crippen LogP) is 6.96. The van der Waals surface area contributed by atoms with Crippen molar-refractivity contribution in [3.8, 4) is 22.9 Å². The molecule has 338 valence electrons. The number of benzene rings is 1. The lowest BCUT2D eigenvalue weighted by molar-refractivity contribution is -0.156. The number of allylic oxidation sites excluding steroid dienone is 1. The van der Waals surface area contributed by atoms with E-state index in [-0.39, 0.29) is 38.0 Å². The van der Waals surface area contributed by atoms with Crippen molar-refractivity contribution in [2.24, 2.45) is 22.7 Å². The maximum Gasteiger partial charge on any atom is 0.362 e. The Labute approximate surface area is 366 Å². The maximum absolute atomic E-state index is 14.9. The molecule has 3 aliphatic rings. The molecule has 2 aromatic heterocycles. The molecule has 1 aliphatic heterocycles. The van der Waals surface area contributed by atoms with Crippen molar-refractivity contribution in [3.05, 3.63) is 42.3 Å². The molecule has 2 saturated carbocycles. The van der Waals surface area contributed by atoms with Gasteiger partial charge in [0.25, 0.3) is 0 Å². The van der Waals surface area contributed by atoms with Crippen molar-refractivity contribution >= 4 is 61.2 Å². The molecular weight excluding hydrogens is 842 g/mol. The van der Waals surface area contributed by atoms with Crippen LogP contribution < -0.4 is 19.5 Å². The standard InChI is InChI=1S/C44H58FN5O10S2/c1-9-27-20-44(27,41(54)49-62(55,56)58-23-26(4)45)21-37(51)36-17-30(22-50(36)40(53)32(43(5,6)7)18-39(52)60-28-12-10-11-13-28)59-38-19-34(35-24-61-42(48-35)46-25(2)3)47-33-16-29(57-8)14-15-31(33)38/h9,14-16,19,24-28,30,32,36H,1,10-13,17-18,20-23H2,2-8H3,(H,46,48)(H,49,54)/t26?,27-,30-,32-,36+,44-/m1/s1. The number of halogens is 1. The maximum atomic E-state index is 14.9. The molecule has 2 amide bonds. The number of hydrogen-bond donors (Lipinski definition) is 2. The van der Waals surface area contributed by atoms with Gasteiger partial charge in [0.2, 0.25) is 11.8 Å². The summed E-state index contributed by atoms with van der Waals surface area (Å²) in [5, 5.41) is 6.56. The number of aromatic nitrogens is 2. The Morgan fingerprint density at radius 2 is 1.81 bits per heavy atom. The molecule has 0 radical (unpaired) electrons. The van der Waals surface area contributed by atoms with Crippen LogP contribution >= 0.6 is 11.3 Å². The molecule has 3 aromatic rings. The van der Waals surface area contributed by atoms with Crippen LogP contribution in [0.15, 0.2) is 42.3 Å². The van der Waals surface area contributed by atoms with Crippen LogP contribution in [0.2, 0.25) is 0 Å².